The lowest BCUT2D eigenvalue weighted by Crippen LogP contribution is -2.43. The number of fused-ring (bicyclic) bond motifs is 1. The number of rotatable bonds is 3. The molecule has 2 aromatic carbocycles. The van der Waals surface area contributed by atoms with E-state index in [0.717, 1.165) is 20.9 Å². The number of halogens is 1. The van der Waals surface area contributed by atoms with Crippen LogP contribution in [-0.2, 0) is 16.1 Å². The summed E-state index contributed by atoms with van der Waals surface area (Å²) in [6.45, 7) is 2.17. The van der Waals surface area contributed by atoms with Crippen molar-refractivity contribution in [3.63, 3.8) is 0 Å². The maximum Gasteiger partial charge on any atom is 0.242 e. The number of ether oxygens (including phenoxy) is 1. The van der Waals surface area contributed by atoms with Crippen molar-refractivity contribution in [2.45, 2.75) is 12.6 Å². The topological polar surface area (TPSA) is 34.5 Å². The Balaban J connectivity index is 1.49. The van der Waals surface area contributed by atoms with Crippen molar-refractivity contribution in [3.05, 3.63) is 70.8 Å². The Labute approximate surface area is 155 Å². The molecule has 0 aliphatic carbocycles. The third kappa shape index (κ3) is 3.48. The van der Waals surface area contributed by atoms with Crippen molar-refractivity contribution in [1.82, 2.24) is 9.47 Å². The molecule has 5 heteroatoms. The lowest BCUT2D eigenvalue weighted by molar-refractivity contribution is -0.139. The molecule has 128 valence electrons. The van der Waals surface area contributed by atoms with Gasteiger partial charge >= 0.3 is 0 Å². The first-order chi connectivity index (χ1) is 12.2. The third-order valence-electron chi connectivity index (χ3n) is 4.63. The van der Waals surface area contributed by atoms with Gasteiger partial charge < -0.3 is 14.2 Å². The van der Waals surface area contributed by atoms with E-state index in [4.69, 9.17) is 4.74 Å². The van der Waals surface area contributed by atoms with E-state index in [-0.39, 0.29) is 12.0 Å². The van der Waals surface area contributed by atoms with Crippen LogP contribution >= 0.6 is 15.9 Å². The van der Waals surface area contributed by atoms with Crippen molar-refractivity contribution in [1.29, 1.82) is 0 Å². The molecule has 4 rings (SSSR count). The molecule has 1 aliphatic rings. The first-order valence-corrected chi connectivity index (χ1v) is 9.19. The Hall–Kier alpha value is -2.11. The highest BCUT2D eigenvalue weighted by Gasteiger charge is 2.25. The third-order valence-corrected chi connectivity index (χ3v) is 5.13. The van der Waals surface area contributed by atoms with Gasteiger partial charge in [0, 0.05) is 22.7 Å². The average Bonchev–Trinajstić information content (AvgIpc) is 3.04. The van der Waals surface area contributed by atoms with Gasteiger partial charge in [0.05, 0.1) is 13.2 Å². The molecule has 0 spiro atoms. The van der Waals surface area contributed by atoms with Gasteiger partial charge in [-0.05, 0) is 29.1 Å². The molecule has 25 heavy (non-hydrogen) atoms. The second-order valence-corrected chi connectivity index (χ2v) is 7.17. The summed E-state index contributed by atoms with van der Waals surface area (Å²) in [5, 5.41) is 1.14. The maximum absolute atomic E-state index is 12.8. The number of hydrogen-bond donors (Lipinski definition) is 0. The highest BCUT2D eigenvalue weighted by molar-refractivity contribution is 9.10. The van der Waals surface area contributed by atoms with Gasteiger partial charge in [-0.2, -0.15) is 0 Å². The van der Waals surface area contributed by atoms with Crippen LogP contribution in [-0.4, -0.2) is 35.1 Å². The highest BCUT2D eigenvalue weighted by atomic mass is 79.9. The molecule has 4 nitrogen and oxygen atoms in total. The molecule has 1 saturated heterocycles. The van der Waals surface area contributed by atoms with Crippen molar-refractivity contribution in [2.75, 3.05) is 19.7 Å². The van der Waals surface area contributed by atoms with Crippen LogP contribution < -0.4 is 0 Å². The van der Waals surface area contributed by atoms with Gasteiger partial charge in [-0.15, -0.1) is 0 Å². The Bertz CT molecular complexity index is 891. The molecular weight excluding hydrogens is 380 g/mol. The molecule has 3 aromatic rings. The van der Waals surface area contributed by atoms with E-state index in [9.17, 15) is 4.79 Å². The quantitative estimate of drug-likeness (QED) is 0.667. The molecule has 1 unspecified atom stereocenters. The number of amides is 1. The number of morpholine rings is 1. The molecule has 0 bridgehead atoms. The molecule has 0 saturated carbocycles. The summed E-state index contributed by atoms with van der Waals surface area (Å²) in [7, 11) is 0. The summed E-state index contributed by atoms with van der Waals surface area (Å²) < 4.78 is 8.88. The second kappa shape index (κ2) is 7.02. The Morgan fingerprint density at radius 2 is 2.00 bits per heavy atom. The van der Waals surface area contributed by atoms with Crippen LogP contribution in [0.3, 0.4) is 0 Å². The number of aromatic nitrogens is 1. The minimum atomic E-state index is -0.0468. The number of carbonyl (C=O) groups is 1. The number of hydrogen-bond acceptors (Lipinski definition) is 2. The maximum atomic E-state index is 12.8. The van der Waals surface area contributed by atoms with Crippen LogP contribution in [0.1, 0.15) is 11.7 Å². The van der Waals surface area contributed by atoms with E-state index < -0.39 is 0 Å². The van der Waals surface area contributed by atoms with Crippen LogP contribution in [0.15, 0.2) is 65.3 Å². The van der Waals surface area contributed by atoms with Crippen LogP contribution in [0.25, 0.3) is 10.9 Å². The summed E-state index contributed by atoms with van der Waals surface area (Å²) in [6.07, 6.45) is 1.93. The number of nitrogens with zero attached hydrogens (tertiary/aromatic N) is 2. The van der Waals surface area contributed by atoms with Crippen LogP contribution in [0.4, 0.5) is 0 Å². The van der Waals surface area contributed by atoms with Gasteiger partial charge in [-0.3, -0.25) is 4.79 Å². The molecule has 2 heterocycles. The molecular formula is C20H19BrN2O2. The second-order valence-electron chi connectivity index (χ2n) is 6.26. The minimum absolute atomic E-state index is 0.0468. The zero-order valence-electron chi connectivity index (χ0n) is 13.8. The van der Waals surface area contributed by atoms with Gasteiger partial charge in [-0.1, -0.05) is 52.3 Å². The highest BCUT2D eigenvalue weighted by Crippen LogP contribution is 2.24. The normalized spacial score (nSPS) is 17.8. The van der Waals surface area contributed by atoms with E-state index in [2.05, 4.69) is 40.2 Å². The van der Waals surface area contributed by atoms with Gasteiger partial charge in [0.15, 0.2) is 0 Å². The van der Waals surface area contributed by atoms with E-state index in [1.807, 2.05) is 46.0 Å². The van der Waals surface area contributed by atoms with E-state index >= 15 is 0 Å². The predicted molar refractivity (Wildman–Crippen MR) is 101 cm³/mol. The average molecular weight is 399 g/mol. The molecule has 1 aliphatic heterocycles. The zero-order chi connectivity index (χ0) is 17.2. The van der Waals surface area contributed by atoms with Crippen LogP contribution in [0.2, 0.25) is 0 Å². The van der Waals surface area contributed by atoms with Crippen molar-refractivity contribution < 1.29 is 9.53 Å². The van der Waals surface area contributed by atoms with Gasteiger partial charge in [0.2, 0.25) is 5.91 Å². The molecule has 1 fully saturated rings. The molecule has 1 amide bonds. The number of benzene rings is 2. The fourth-order valence-corrected chi connectivity index (χ4v) is 3.63. The van der Waals surface area contributed by atoms with Crippen molar-refractivity contribution in [3.8, 4) is 0 Å². The first kappa shape index (κ1) is 16.4. The number of carbonyl (C=O) groups excluding carboxylic acids is 1. The summed E-state index contributed by atoms with van der Waals surface area (Å²) in [5.41, 5.74) is 2.19. The van der Waals surface area contributed by atoms with Gasteiger partial charge in [0.1, 0.15) is 12.6 Å². The lowest BCUT2D eigenvalue weighted by Gasteiger charge is -2.33. The fourth-order valence-electron chi connectivity index (χ4n) is 3.29. The predicted octanol–water partition coefficient (Wildman–Crippen LogP) is 4.00. The Kier molecular flexibility index (Phi) is 4.59. The summed E-state index contributed by atoms with van der Waals surface area (Å²) in [5.74, 6) is 0.127. The van der Waals surface area contributed by atoms with E-state index in [1.54, 1.807) is 0 Å². The first-order valence-electron chi connectivity index (χ1n) is 8.39. The molecule has 0 N–H and O–H groups in total. The summed E-state index contributed by atoms with van der Waals surface area (Å²) in [6, 6.07) is 18.3. The lowest BCUT2D eigenvalue weighted by atomic mass is 10.1. The van der Waals surface area contributed by atoms with E-state index in [1.165, 1.54) is 0 Å². The molecule has 0 radical (unpaired) electrons. The minimum Gasteiger partial charge on any atom is -0.370 e. The van der Waals surface area contributed by atoms with Gasteiger partial charge in [0.25, 0.3) is 0 Å². The smallest absolute Gasteiger partial charge is 0.242 e. The zero-order valence-corrected chi connectivity index (χ0v) is 15.4. The van der Waals surface area contributed by atoms with Crippen LogP contribution in [0.5, 0.6) is 0 Å². The SMILES string of the molecule is O=C(Cn1ccc2ccc(Br)cc21)N1CCOC(c2ccccc2)C1. The van der Waals surface area contributed by atoms with Crippen molar-refractivity contribution in [2.24, 2.45) is 0 Å². The Morgan fingerprint density at radius 1 is 1.16 bits per heavy atom. The fraction of sp³-hybridized carbons (Fsp3) is 0.250. The molecule has 1 atom stereocenters. The monoisotopic (exact) mass is 398 g/mol. The summed E-state index contributed by atoms with van der Waals surface area (Å²) >= 11 is 3.50. The van der Waals surface area contributed by atoms with Crippen LogP contribution in [0, 0.1) is 0 Å². The largest absolute Gasteiger partial charge is 0.370 e. The van der Waals surface area contributed by atoms with Crippen molar-refractivity contribution >= 4 is 32.7 Å². The summed E-state index contributed by atoms with van der Waals surface area (Å²) in [4.78, 5) is 14.7. The van der Waals surface area contributed by atoms with Gasteiger partial charge in [-0.25, -0.2) is 0 Å². The molecule has 1 aromatic heterocycles. The standard InChI is InChI=1S/C20H19BrN2O2/c21-17-7-6-15-8-9-22(18(15)12-17)14-20(24)23-10-11-25-19(13-23)16-4-2-1-3-5-16/h1-9,12,19H,10-11,13-14H2. The Morgan fingerprint density at radius 3 is 2.84 bits per heavy atom. The van der Waals surface area contributed by atoms with E-state index in [0.29, 0.717) is 26.2 Å².